The van der Waals surface area contributed by atoms with E-state index in [0.717, 1.165) is 6.08 Å². The maximum absolute atomic E-state index is 11.0. The third kappa shape index (κ3) is 2.66. The highest BCUT2D eigenvalue weighted by Crippen LogP contribution is 2.24. The summed E-state index contributed by atoms with van der Waals surface area (Å²) in [4.78, 5) is 9.89. The summed E-state index contributed by atoms with van der Waals surface area (Å²) < 4.78 is 22.1. The van der Waals surface area contributed by atoms with Gasteiger partial charge >= 0.3 is 0 Å². The van der Waals surface area contributed by atoms with Crippen LogP contribution >= 0.6 is 10.7 Å². The number of halogens is 1. The van der Waals surface area contributed by atoms with Gasteiger partial charge in [-0.1, -0.05) is 12.2 Å². The van der Waals surface area contributed by atoms with Crippen LogP contribution in [0.1, 0.15) is 6.92 Å². The molecule has 0 aromatic carbocycles. The van der Waals surface area contributed by atoms with Gasteiger partial charge in [0, 0.05) is 28.6 Å². The summed E-state index contributed by atoms with van der Waals surface area (Å²) >= 11 is 0. The summed E-state index contributed by atoms with van der Waals surface area (Å²) in [5.41, 5.74) is -1.55. The largest absolute Gasteiger partial charge is 0.263 e. The molecule has 82 valence electrons. The van der Waals surface area contributed by atoms with Gasteiger partial charge in [-0.3, -0.25) is 10.1 Å². The zero-order valence-electron chi connectivity index (χ0n) is 7.75. The smallest absolute Gasteiger partial charge is 0.261 e. The first-order chi connectivity index (χ1) is 6.76. The Morgan fingerprint density at radius 3 is 2.53 bits per heavy atom. The summed E-state index contributed by atoms with van der Waals surface area (Å²) in [5.74, 6) is 0. The Hall–Kier alpha value is -1.14. The Balaban J connectivity index is 3.33. The Morgan fingerprint density at radius 1 is 1.47 bits per heavy atom. The van der Waals surface area contributed by atoms with E-state index in [0.29, 0.717) is 0 Å². The molecule has 7 heteroatoms. The lowest BCUT2D eigenvalue weighted by Crippen LogP contribution is -2.30. The topological polar surface area (TPSA) is 77.3 Å². The number of rotatable bonds is 2. The normalized spacial score (nSPS) is 25.9. The van der Waals surface area contributed by atoms with Gasteiger partial charge in [-0.15, -0.1) is 0 Å². The highest BCUT2D eigenvalue weighted by atomic mass is 35.7. The maximum Gasteiger partial charge on any atom is 0.261 e. The van der Waals surface area contributed by atoms with Crippen LogP contribution in [-0.4, -0.2) is 18.9 Å². The molecule has 1 unspecified atom stereocenters. The monoisotopic (exact) mass is 249 g/mol. The van der Waals surface area contributed by atoms with E-state index in [9.17, 15) is 18.5 Å². The molecule has 0 bridgehead atoms. The molecule has 0 radical (unpaired) electrons. The Kier molecular flexibility index (Phi) is 3.01. The number of nitrogens with zero attached hydrogens (tertiary/aromatic N) is 1. The lowest BCUT2D eigenvalue weighted by atomic mass is 10.0. The minimum Gasteiger partial charge on any atom is -0.263 e. The molecule has 1 aliphatic carbocycles. The van der Waals surface area contributed by atoms with Gasteiger partial charge in [0.05, 0.1) is 4.91 Å². The quantitative estimate of drug-likeness (QED) is 0.423. The number of allylic oxidation sites excluding steroid dienone is 3. The lowest BCUT2D eigenvalue weighted by molar-refractivity contribution is -0.535. The molecule has 0 heterocycles. The fraction of sp³-hybridized carbons (Fsp3) is 0.250. The molecule has 1 rings (SSSR count). The molecule has 5 nitrogen and oxygen atoms in total. The molecule has 0 spiro atoms. The van der Waals surface area contributed by atoms with Crippen LogP contribution in [0.25, 0.3) is 0 Å². The van der Waals surface area contributed by atoms with E-state index in [4.69, 9.17) is 10.7 Å². The Morgan fingerprint density at radius 2 is 2.07 bits per heavy atom. The molecular weight excluding hydrogens is 242 g/mol. The van der Waals surface area contributed by atoms with Gasteiger partial charge in [0.2, 0.25) is 0 Å². The molecule has 0 aliphatic heterocycles. The van der Waals surface area contributed by atoms with E-state index in [1.807, 2.05) is 0 Å². The van der Waals surface area contributed by atoms with Crippen LogP contribution in [0.2, 0.25) is 0 Å². The van der Waals surface area contributed by atoms with Crippen molar-refractivity contribution in [3.63, 3.8) is 0 Å². The van der Waals surface area contributed by atoms with Gasteiger partial charge in [-0.2, -0.15) is 0 Å². The second-order valence-electron chi connectivity index (χ2n) is 3.19. The van der Waals surface area contributed by atoms with E-state index in [1.54, 1.807) is 0 Å². The van der Waals surface area contributed by atoms with Crippen LogP contribution in [-0.2, 0) is 9.05 Å². The van der Waals surface area contributed by atoms with Crippen LogP contribution in [0.15, 0.2) is 35.3 Å². The van der Waals surface area contributed by atoms with Crippen LogP contribution in [0, 0.1) is 10.1 Å². The number of hydrogen-bond donors (Lipinski definition) is 0. The minimum atomic E-state index is -3.95. The second kappa shape index (κ2) is 3.79. The standard InChI is InChI=1S/C8H8ClNO4S/c1-8(10(11)12)5-3-2-4-7(6-8)15(9,13)14/h2-6H,1H3. The third-order valence-electron chi connectivity index (χ3n) is 1.91. The number of nitro groups is 1. The van der Waals surface area contributed by atoms with Gasteiger partial charge in [0.1, 0.15) is 0 Å². The van der Waals surface area contributed by atoms with Crippen molar-refractivity contribution in [2.24, 2.45) is 0 Å². The first kappa shape index (κ1) is 11.9. The fourth-order valence-corrected chi connectivity index (χ4v) is 1.96. The predicted molar refractivity (Wildman–Crippen MR) is 56.5 cm³/mol. The molecule has 0 aromatic rings. The summed E-state index contributed by atoms with van der Waals surface area (Å²) in [6, 6.07) is 0. The molecule has 1 atom stereocenters. The highest BCUT2D eigenvalue weighted by Gasteiger charge is 2.34. The average molecular weight is 250 g/mol. The van der Waals surface area contributed by atoms with Crippen LogP contribution in [0.3, 0.4) is 0 Å². The number of hydrogen-bond acceptors (Lipinski definition) is 4. The minimum absolute atomic E-state index is 0.270. The van der Waals surface area contributed by atoms with Crippen molar-refractivity contribution in [2.45, 2.75) is 12.5 Å². The zero-order chi connectivity index (χ0) is 11.7. The summed E-state index contributed by atoms with van der Waals surface area (Å²) in [6.45, 7) is 1.29. The van der Waals surface area contributed by atoms with Crippen molar-refractivity contribution < 1.29 is 13.3 Å². The van der Waals surface area contributed by atoms with Gasteiger partial charge in [-0.05, 0) is 12.2 Å². The molecule has 0 aromatic heterocycles. The molecule has 0 fully saturated rings. The first-order valence-electron chi connectivity index (χ1n) is 3.94. The van der Waals surface area contributed by atoms with Crippen molar-refractivity contribution in [1.29, 1.82) is 0 Å². The third-order valence-corrected chi connectivity index (χ3v) is 3.27. The highest BCUT2D eigenvalue weighted by molar-refractivity contribution is 8.17. The van der Waals surface area contributed by atoms with E-state index in [-0.39, 0.29) is 4.91 Å². The summed E-state index contributed by atoms with van der Waals surface area (Å²) in [7, 11) is 1.17. The van der Waals surface area contributed by atoms with Gasteiger partial charge in [0.25, 0.3) is 14.6 Å². The zero-order valence-corrected chi connectivity index (χ0v) is 9.33. The van der Waals surface area contributed by atoms with Crippen LogP contribution < -0.4 is 0 Å². The summed E-state index contributed by atoms with van der Waals surface area (Å²) in [5, 5.41) is 10.7. The van der Waals surface area contributed by atoms with Gasteiger partial charge < -0.3 is 0 Å². The fourth-order valence-electron chi connectivity index (χ4n) is 1.05. The van der Waals surface area contributed by atoms with E-state index >= 15 is 0 Å². The average Bonchev–Trinajstić information content (AvgIpc) is 2.27. The Labute approximate surface area is 91.3 Å². The second-order valence-corrected chi connectivity index (χ2v) is 5.75. The molecule has 0 saturated carbocycles. The van der Waals surface area contributed by atoms with Crippen LogP contribution in [0.4, 0.5) is 0 Å². The first-order valence-corrected chi connectivity index (χ1v) is 6.24. The molecular formula is C8H8ClNO4S. The van der Waals surface area contributed by atoms with Crippen molar-refractivity contribution in [1.82, 2.24) is 0 Å². The van der Waals surface area contributed by atoms with Crippen molar-refractivity contribution >= 4 is 19.7 Å². The molecule has 15 heavy (non-hydrogen) atoms. The lowest BCUT2D eigenvalue weighted by Gasteiger charge is -2.11. The predicted octanol–water partition coefficient (Wildman–Crippen LogP) is 1.60. The van der Waals surface area contributed by atoms with E-state index in [2.05, 4.69) is 0 Å². The van der Waals surface area contributed by atoms with E-state index < -0.39 is 19.5 Å². The molecule has 0 saturated heterocycles. The summed E-state index contributed by atoms with van der Waals surface area (Å²) in [6.07, 6.45) is 6.32. The molecule has 0 amide bonds. The van der Waals surface area contributed by atoms with Gasteiger partial charge in [0.15, 0.2) is 0 Å². The van der Waals surface area contributed by atoms with Crippen LogP contribution in [0.5, 0.6) is 0 Å². The van der Waals surface area contributed by atoms with Crippen molar-refractivity contribution in [3.8, 4) is 0 Å². The van der Waals surface area contributed by atoms with E-state index in [1.165, 1.54) is 31.2 Å². The van der Waals surface area contributed by atoms with Crippen molar-refractivity contribution in [3.05, 3.63) is 45.4 Å². The Bertz CT molecular complexity index is 477. The van der Waals surface area contributed by atoms with Gasteiger partial charge in [-0.25, -0.2) is 8.42 Å². The molecule has 1 aliphatic rings. The van der Waals surface area contributed by atoms with Crippen molar-refractivity contribution in [2.75, 3.05) is 0 Å². The SMILES string of the molecule is CC1([N+](=O)[O-])C=CC=CC(S(=O)(=O)Cl)=C1. The maximum atomic E-state index is 11.0. The molecule has 0 N–H and O–H groups in total.